The third-order valence-corrected chi connectivity index (χ3v) is 5.60. The summed E-state index contributed by atoms with van der Waals surface area (Å²) in [6.07, 6.45) is 1.64. The molecular weight excluding hydrogens is 494 g/mol. The number of hydrogen-bond donors (Lipinski definition) is 0. The average molecular weight is 526 g/mol. The number of para-hydroxylation sites is 1. The summed E-state index contributed by atoms with van der Waals surface area (Å²) in [7, 11) is 0. The van der Waals surface area contributed by atoms with Gasteiger partial charge in [0, 0.05) is 18.0 Å². The second kappa shape index (κ2) is 11.1. The summed E-state index contributed by atoms with van der Waals surface area (Å²) < 4.78 is 12.3. The fourth-order valence-electron chi connectivity index (χ4n) is 3.10. The van der Waals surface area contributed by atoms with E-state index in [0.717, 1.165) is 16.7 Å². The molecule has 0 radical (unpaired) electrons. The third-order valence-electron chi connectivity index (χ3n) is 4.57. The van der Waals surface area contributed by atoms with Gasteiger partial charge in [-0.1, -0.05) is 30.0 Å². The van der Waals surface area contributed by atoms with Gasteiger partial charge in [0.25, 0.3) is 0 Å². The first kappa shape index (κ1) is 27.9. The standard InChI is InChI=1S/C26H31N5O5S/c1-17(21(32)30(19-13-9-8-10-14-19)23(33)35-25(2,3)4)37-22-29-28-20(18-12-11-15-27-16-18)31(22)24(34)36-26(5,6)7/h8-17H,1-7H3. The van der Waals surface area contributed by atoms with Crippen LogP contribution in [0.15, 0.2) is 60.0 Å². The Bertz CT molecular complexity index is 1250. The first-order valence-electron chi connectivity index (χ1n) is 11.6. The largest absolute Gasteiger partial charge is 0.443 e. The molecule has 2 amide bonds. The van der Waals surface area contributed by atoms with E-state index in [-0.39, 0.29) is 11.0 Å². The van der Waals surface area contributed by atoms with E-state index < -0.39 is 34.5 Å². The van der Waals surface area contributed by atoms with E-state index in [2.05, 4.69) is 15.2 Å². The minimum absolute atomic E-state index is 0.131. The van der Waals surface area contributed by atoms with Gasteiger partial charge >= 0.3 is 12.2 Å². The smallest absolute Gasteiger partial charge is 0.422 e. The van der Waals surface area contributed by atoms with Gasteiger partial charge in [0.15, 0.2) is 5.82 Å². The number of ether oxygens (including phenoxy) is 2. The van der Waals surface area contributed by atoms with Gasteiger partial charge in [-0.3, -0.25) is 9.78 Å². The molecule has 2 aromatic heterocycles. The molecule has 1 aromatic carbocycles. The Hall–Kier alpha value is -3.73. The van der Waals surface area contributed by atoms with Gasteiger partial charge in [-0.15, -0.1) is 10.2 Å². The number of hydrogen-bond acceptors (Lipinski definition) is 9. The molecule has 10 nitrogen and oxygen atoms in total. The van der Waals surface area contributed by atoms with Crippen LogP contribution in [-0.4, -0.2) is 54.3 Å². The molecule has 0 aliphatic heterocycles. The van der Waals surface area contributed by atoms with Crippen LogP contribution in [0.2, 0.25) is 0 Å². The second-order valence-electron chi connectivity index (χ2n) is 10.1. The molecule has 0 aliphatic rings. The number of aromatic nitrogens is 4. The van der Waals surface area contributed by atoms with Crippen molar-refractivity contribution in [3.05, 3.63) is 54.9 Å². The number of carbonyl (C=O) groups excluding carboxylic acids is 3. The predicted octanol–water partition coefficient (Wildman–Crippen LogP) is 5.57. The van der Waals surface area contributed by atoms with Crippen LogP contribution < -0.4 is 4.90 Å². The maximum Gasteiger partial charge on any atom is 0.422 e. The van der Waals surface area contributed by atoms with Crippen molar-refractivity contribution < 1.29 is 23.9 Å². The Morgan fingerprint density at radius 3 is 2.14 bits per heavy atom. The summed E-state index contributed by atoms with van der Waals surface area (Å²) >= 11 is 0.976. The molecule has 0 saturated carbocycles. The quantitative estimate of drug-likeness (QED) is 0.394. The topological polar surface area (TPSA) is 117 Å². The summed E-state index contributed by atoms with van der Waals surface area (Å²) in [5.74, 6) is -0.330. The number of thioether (sulfide) groups is 1. The van der Waals surface area contributed by atoms with Crippen molar-refractivity contribution in [2.24, 2.45) is 0 Å². The molecule has 1 atom stereocenters. The zero-order valence-electron chi connectivity index (χ0n) is 22.0. The normalized spacial score (nSPS) is 12.5. The highest BCUT2D eigenvalue weighted by Gasteiger charge is 2.34. The fourth-order valence-corrected chi connectivity index (χ4v) is 3.97. The Morgan fingerprint density at radius 2 is 1.57 bits per heavy atom. The summed E-state index contributed by atoms with van der Waals surface area (Å²) in [5, 5.41) is 7.62. The molecule has 37 heavy (non-hydrogen) atoms. The van der Waals surface area contributed by atoms with Crippen molar-refractivity contribution in [2.45, 2.75) is 70.1 Å². The van der Waals surface area contributed by atoms with Gasteiger partial charge in [-0.2, -0.15) is 0 Å². The van der Waals surface area contributed by atoms with E-state index in [1.54, 1.807) is 103 Å². The van der Waals surface area contributed by atoms with Crippen LogP contribution in [0.4, 0.5) is 15.3 Å². The molecule has 3 rings (SSSR count). The van der Waals surface area contributed by atoms with E-state index in [1.165, 1.54) is 4.57 Å². The van der Waals surface area contributed by atoms with Gasteiger partial charge in [0.1, 0.15) is 11.2 Å². The van der Waals surface area contributed by atoms with Crippen LogP contribution in [-0.2, 0) is 14.3 Å². The first-order valence-corrected chi connectivity index (χ1v) is 12.5. The summed E-state index contributed by atoms with van der Waals surface area (Å²) in [4.78, 5) is 44.9. The highest BCUT2D eigenvalue weighted by atomic mass is 32.2. The van der Waals surface area contributed by atoms with Crippen LogP contribution >= 0.6 is 11.8 Å². The predicted molar refractivity (Wildman–Crippen MR) is 140 cm³/mol. The molecule has 0 bridgehead atoms. The third kappa shape index (κ3) is 7.39. The van der Waals surface area contributed by atoms with Crippen LogP contribution in [0.25, 0.3) is 11.4 Å². The minimum Gasteiger partial charge on any atom is -0.443 e. The Labute approximate surface area is 220 Å². The SMILES string of the molecule is CC(Sc1nnc(-c2cccnc2)n1C(=O)OC(C)(C)C)C(=O)N(C(=O)OC(C)(C)C)c1ccccc1. The fraction of sp³-hybridized carbons (Fsp3) is 0.385. The summed E-state index contributed by atoms with van der Waals surface area (Å²) in [5.41, 5.74) is -0.682. The van der Waals surface area contributed by atoms with Crippen molar-refractivity contribution in [2.75, 3.05) is 4.90 Å². The van der Waals surface area contributed by atoms with Crippen molar-refractivity contribution >= 4 is 35.5 Å². The molecule has 2 heterocycles. The van der Waals surface area contributed by atoms with Gasteiger partial charge < -0.3 is 9.47 Å². The molecule has 11 heteroatoms. The van der Waals surface area contributed by atoms with E-state index in [1.807, 2.05) is 0 Å². The number of imide groups is 1. The molecule has 1 unspecified atom stereocenters. The lowest BCUT2D eigenvalue weighted by molar-refractivity contribution is -0.117. The second-order valence-corrected chi connectivity index (χ2v) is 11.4. The zero-order chi connectivity index (χ0) is 27.4. The van der Waals surface area contributed by atoms with Gasteiger partial charge in [0.05, 0.1) is 10.9 Å². The van der Waals surface area contributed by atoms with E-state index in [4.69, 9.17) is 9.47 Å². The lowest BCUT2D eigenvalue weighted by atomic mass is 10.2. The number of anilines is 1. The number of rotatable bonds is 5. The lowest BCUT2D eigenvalue weighted by Gasteiger charge is -2.27. The van der Waals surface area contributed by atoms with Gasteiger partial charge in [-0.05, 0) is 72.7 Å². The van der Waals surface area contributed by atoms with Crippen molar-refractivity contribution in [1.82, 2.24) is 19.7 Å². The van der Waals surface area contributed by atoms with Crippen LogP contribution in [0.3, 0.4) is 0 Å². The summed E-state index contributed by atoms with van der Waals surface area (Å²) in [6, 6.07) is 11.9. The van der Waals surface area contributed by atoms with E-state index >= 15 is 0 Å². The molecule has 0 saturated heterocycles. The average Bonchev–Trinajstić information content (AvgIpc) is 3.22. The Morgan fingerprint density at radius 1 is 0.919 bits per heavy atom. The van der Waals surface area contributed by atoms with Crippen molar-refractivity contribution in [1.29, 1.82) is 0 Å². The Balaban J connectivity index is 1.97. The van der Waals surface area contributed by atoms with Crippen LogP contribution in [0, 0.1) is 0 Å². The molecule has 0 spiro atoms. The highest BCUT2D eigenvalue weighted by molar-refractivity contribution is 8.00. The van der Waals surface area contributed by atoms with Crippen LogP contribution in [0.1, 0.15) is 48.5 Å². The van der Waals surface area contributed by atoms with Gasteiger partial charge in [0.2, 0.25) is 11.1 Å². The molecular formula is C26H31N5O5S. The monoisotopic (exact) mass is 525 g/mol. The molecule has 3 aromatic rings. The lowest BCUT2D eigenvalue weighted by Crippen LogP contribution is -2.44. The summed E-state index contributed by atoms with van der Waals surface area (Å²) in [6.45, 7) is 12.0. The van der Waals surface area contributed by atoms with E-state index in [0.29, 0.717) is 11.3 Å². The first-order chi connectivity index (χ1) is 17.3. The highest BCUT2D eigenvalue weighted by Crippen LogP contribution is 2.30. The number of carbonyl (C=O) groups is 3. The number of amides is 2. The molecule has 0 fully saturated rings. The van der Waals surface area contributed by atoms with Gasteiger partial charge in [-0.25, -0.2) is 19.1 Å². The Kier molecular flexibility index (Phi) is 8.37. The molecule has 0 N–H and O–H groups in total. The van der Waals surface area contributed by atoms with Crippen molar-refractivity contribution in [3.63, 3.8) is 0 Å². The number of pyridine rings is 1. The molecule has 196 valence electrons. The maximum absolute atomic E-state index is 13.6. The van der Waals surface area contributed by atoms with Crippen LogP contribution in [0.5, 0.6) is 0 Å². The zero-order valence-corrected chi connectivity index (χ0v) is 22.8. The number of nitrogens with zero attached hydrogens (tertiary/aromatic N) is 5. The molecule has 0 aliphatic carbocycles. The van der Waals surface area contributed by atoms with Crippen molar-refractivity contribution in [3.8, 4) is 11.4 Å². The maximum atomic E-state index is 13.6. The number of benzene rings is 1. The van der Waals surface area contributed by atoms with E-state index in [9.17, 15) is 14.4 Å². The minimum atomic E-state index is -0.847.